The lowest BCUT2D eigenvalue weighted by molar-refractivity contribution is -0.123. The minimum atomic E-state index is -0.188. The zero-order valence-electron chi connectivity index (χ0n) is 16.7. The molecule has 0 aliphatic carbocycles. The zero-order chi connectivity index (χ0) is 21.1. The number of carbonyl (C=O) groups excluding carboxylic acids is 2. The van der Waals surface area contributed by atoms with E-state index in [1.807, 2.05) is 36.4 Å². The molecule has 2 amide bonds. The summed E-state index contributed by atoms with van der Waals surface area (Å²) in [6.07, 6.45) is 2.62. The van der Waals surface area contributed by atoms with E-state index in [1.54, 1.807) is 12.1 Å². The molecule has 6 nitrogen and oxygen atoms in total. The van der Waals surface area contributed by atoms with Crippen molar-refractivity contribution in [3.63, 3.8) is 0 Å². The van der Waals surface area contributed by atoms with E-state index in [4.69, 9.17) is 17.3 Å². The largest absolute Gasteiger partial charge is 0.369 e. The summed E-state index contributed by atoms with van der Waals surface area (Å²) in [6, 6.07) is 15.2. The standard InChI is InChI=1S/C23H25ClN4O2/c24-18-4-3-17-13-21(27-20(17)14-18)23(30)26-19-5-1-15(2-6-19)7-10-28-11-8-16(9-12-28)22(25)29/h1-6,13-14,16,27H,7-12H2,(H2,25,29)(H,26,30). The van der Waals surface area contributed by atoms with Crippen molar-refractivity contribution in [3.05, 3.63) is 64.8 Å². The molecule has 1 aromatic heterocycles. The number of aromatic nitrogens is 1. The van der Waals surface area contributed by atoms with Gasteiger partial charge in [-0.3, -0.25) is 9.59 Å². The monoisotopic (exact) mass is 424 g/mol. The minimum Gasteiger partial charge on any atom is -0.369 e. The number of carbonyl (C=O) groups is 2. The van der Waals surface area contributed by atoms with Crippen LogP contribution in [0.25, 0.3) is 10.9 Å². The van der Waals surface area contributed by atoms with E-state index >= 15 is 0 Å². The molecule has 0 saturated carbocycles. The van der Waals surface area contributed by atoms with Gasteiger partial charge in [0.25, 0.3) is 5.91 Å². The van der Waals surface area contributed by atoms with Crippen molar-refractivity contribution < 1.29 is 9.59 Å². The number of piperidine rings is 1. The maximum absolute atomic E-state index is 12.5. The maximum atomic E-state index is 12.5. The number of primary amides is 1. The van der Waals surface area contributed by atoms with Crippen LogP contribution >= 0.6 is 11.6 Å². The Hall–Kier alpha value is -2.83. The second kappa shape index (κ2) is 8.90. The van der Waals surface area contributed by atoms with Crippen molar-refractivity contribution in [2.45, 2.75) is 19.3 Å². The molecular formula is C23H25ClN4O2. The van der Waals surface area contributed by atoms with E-state index < -0.39 is 0 Å². The van der Waals surface area contributed by atoms with E-state index in [-0.39, 0.29) is 17.7 Å². The topological polar surface area (TPSA) is 91.2 Å². The highest BCUT2D eigenvalue weighted by molar-refractivity contribution is 6.31. The molecule has 156 valence electrons. The third-order valence-electron chi connectivity index (χ3n) is 5.75. The van der Waals surface area contributed by atoms with Gasteiger partial charge in [0.2, 0.25) is 5.91 Å². The lowest BCUT2D eigenvalue weighted by Gasteiger charge is -2.30. The first kappa shape index (κ1) is 20.4. The van der Waals surface area contributed by atoms with Crippen molar-refractivity contribution in [3.8, 4) is 0 Å². The summed E-state index contributed by atoms with van der Waals surface area (Å²) in [6.45, 7) is 2.78. The number of aromatic amines is 1. The van der Waals surface area contributed by atoms with E-state index in [0.29, 0.717) is 10.7 Å². The molecule has 0 bridgehead atoms. The summed E-state index contributed by atoms with van der Waals surface area (Å²) in [7, 11) is 0. The number of halogens is 1. The van der Waals surface area contributed by atoms with Crippen molar-refractivity contribution in [2.75, 3.05) is 25.0 Å². The van der Waals surface area contributed by atoms with E-state index in [0.717, 1.165) is 55.5 Å². The zero-order valence-corrected chi connectivity index (χ0v) is 17.4. The Bertz CT molecular complexity index is 1050. The van der Waals surface area contributed by atoms with Gasteiger partial charge in [-0.25, -0.2) is 0 Å². The fourth-order valence-corrected chi connectivity index (χ4v) is 4.08. The molecule has 7 heteroatoms. The Labute approximate surface area is 180 Å². The Morgan fingerprint density at radius 3 is 2.53 bits per heavy atom. The van der Waals surface area contributed by atoms with Gasteiger partial charge in [0.15, 0.2) is 0 Å². The van der Waals surface area contributed by atoms with Gasteiger partial charge in [0, 0.05) is 34.1 Å². The van der Waals surface area contributed by atoms with Crippen molar-refractivity contribution in [1.82, 2.24) is 9.88 Å². The van der Waals surface area contributed by atoms with Crippen LogP contribution in [0.5, 0.6) is 0 Å². The molecular weight excluding hydrogens is 400 g/mol. The average molecular weight is 425 g/mol. The molecule has 0 spiro atoms. The van der Waals surface area contributed by atoms with Gasteiger partial charge in [0.1, 0.15) is 5.69 Å². The summed E-state index contributed by atoms with van der Waals surface area (Å²) >= 11 is 6.00. The fraction of sp³-hybridized carbons (Fsp3) is 0.304. The van der Waals surface area contributed by atoms with E-state index in [1.165, 1.54) is 5.56 Å². The molecule has 4 rings (SSSR count). The first-order valence-electron chi connectivity index (χ1n) is 10.2. The number of nitrogens with one attached hydrogen (secondary N) is 2. The first-order chi connectivity index (χ1) is 14.5. The van der Waals surface area contributed by atoms with Gasteiger partial charge in [-0.1, -0.05) is 29.8 Å². The summed E-state index contributed by atoms with van der Waals surface area (Å²) in [5.41, 5.74) is 8.69. The Morgan fingerprint density at radius 1 is 1.10 bits per heavy atom. The van der Waals surface area contributed by atoms with Crippen LogP contribution in [0.1, 0.15) is 28.9 Å². The van der Waals surface area contributed by atoms with Crippen LogP contribution in [0.4, 0.5) is 5.69 Å². The first-order valence-corrected chi connectivity index (χ1v) is 10.6. The molecule has 1 aliphatic heterocycles. The molecule has 0 atom stereocenters. The fourth-order valence-electron chi connectivity index (χ4n) is 3.90. The Morgan fingerprint density at radius 2 is 1.83 bits per heavy atom. The highest BCUT2D eigenvalue weighted by Gasteiger charge is 2.22. The number of likely N-dealkylation sites (tertiary alicyclic amines) is 1. The highest BCUT2D eigenvalue weighted by Crippen LogP contribution is 2.21. The molecule has 1 saturated heterocycles. The van der Waals surface area contributed by atoms with Crippen LogP contribution in [-0.4, -0.2) is 41.3 Å². The quantitative estimate of drug-likeness (QED) is 0.561. The van der Waals surface area contributed by atoms with Gasteiger partial charge in [-0.2, -0.15) is 0 Å². The van der Waals surface area contributed by atoms with E-state index in [9.17, 15) is 9.59 Å². The predicted octanol–water partition coefficient (Wildman–Crippen LogP) is 3.81. The van der Waals surface area contributed by atoms with Gasteiger partial charge in [-0.15, -0.1) is 0 Å². The number of rotatable bonds is 6. The lowest BCUT2D eigenvalue weighted by Crippen LogP contribution is -2.39. The number of anilines is 1. The van der Waals surface area contributed by atoms with E-state index in [2.05, 4.69) is 15.2 Å². The van der Waals surface area contributed by atoms with Crippen LogP contribution in [0.3, 0.4) is 0 Å². The van der Waals surface area contributed by atoms with Crippen LogP contribution in [0.2, 0.25) is 5.02 Å². The van der Waals surface area contributed by atoms with Crippen molar-refractivity contribution >= 4 is 40.0 Å². The summed E-state index contributed by atoms with van der Waals surface area (Å²) < 4.78 is 0. The lowest BCUT2D eigenvalue weighted by atomic mass is 9.96. The second-order valence-electron chi connectivity index (χ2n) is 7.83. The van der Waals surface area contributed by atoms with Gasteiger partial charge in [0.05, 0.1) is 0 Å². The predicted molar refractivity (Wildman–Crippen MR) is 120 cm³/mol. The molecule has 4 N–H and O–H groups in total. The minimum absolute atomic E-state index is 0.0263. The van der Waals surface area contributed by atoms with Crippen LogP contribution in [0.15, 0.2) is 48.5 Å². The number of fused-ring (bicyclic) bond motifs is 1. The molecule has 1 aliphatic rings. The summed E-state index contributed by atoms with van der Waals surface area (Å²) in [5, 5.41) is 4.50. The smallest absolute Gasteiger partial charge is 0.272 e. The SMILES string of the molecule is NC(=O)C1CCN(CCc2ccc(NC(=O)c3cc4ccc(Cl)cc4[nH]3)cc2)CC1. The van der Waals surface area contributed by atoms with Crippen LogP contribution in [-0.2, 0) is 11.2 Å². The molecule has 0 radical (unpaired) electrons. The van der Waals surface area contributed by atoms with Crippen molar-refractivity contribution in [1.29, 1.82) is 0 Å². The number of nitrogens with zero attached hydrogens (tertiary/aromatic N) is 1. The third kappa shape index (κ3) is 4.83. The molecule has 3 aromatic rings. The number of H-pyrrole nitrogens is 1. The summed E-state index contributed by atoms with van der Waals surface area (Å²) in [4.78, 5) is 29.3. The normalized spacial score (nSPS) is 15.4. The average Bonchev–Trinajstić information content (AvgIpc) is 3.17. The van der Waals surface area contributed by atoms with Gasteiger partial charge >= 0.3 is 0 Å². The number of nitrogens with two attached hydrogens (primary N) is 1. The second-order valence-corrected chi connectivity index (χ2v) is 8.27. The Balaban J connectivity index is 1.30. The number of hydrogen-bond donors (Lipinski definition) is 3. The molecule has 1 fully saturated rings. The molecule has 0 unspecified atom stereocenters. The Kier molecular flexibility index (Phi) is 6.06. The number of benzene rings is 2. The molecule has 2 aromatic carbocycles. The number of amides is 2. The van der Waals surface area contributed by atoms with Crippen LogP contribution < -0.4 is 11.1 Å². The molecule has 30 heavy (non-hydrogen) atoms. The van der Waals surface area contributed by atoms with Gasteiger partial charge < -0.3 is 20.9 Å². The van der Waals surface area contributed by atoms with Crippen LogP contribution in [0, 0.1) is 5.92 Å². The third-order valence-corrected chi connectivity index (χ3v) is 5.98. The van der Waals surface area contributed by atoms with Crippen molar-refractivity contribution in [2.24, 2.45) is 11.7 Å². The number of hydrogen-bond acceptors (Lipinski definition) is 3. The van der Waals surface area contributed by atoms with Gasteiger partial charge in [-0.05, 0) is 68.2 Å². The molecule has 2 heterocycles. The highest BCUT2D eigenvalue weighted by atomic mass is 35.5. The maximum Gasteiger partial charge on any atom is 0.272 e. The summed E-state index contributed by atoms with van der Waals surface area (Å²) in [5.74, 6) is -0.339.